The second kappa shape index (κ2) is 9.21. The third-order valence-electron chi connectivity index (χ3n) is 4.70. The second-order valence-electron chi connectivity index (χ2n) is 6.74. The molecule has 1 heterocycles. The summed E-state index contributed by atoms with van der Waals surface area (Å²) in [5.74, 6) is 1.53. The molecule has 0 radical (unpaired) electrons. The van der Waals surface area contributed by atoms with Gasteiger partial charge in [0.25, 0.3) is 0 Å². The van der Waals surface area contributed by atoms with Gasteiger partial charge in [-0.15, -0.1) is 0 Å². The van der Waals surface area contributed by atoms with Gasteiger partial charge in [-0.3, -0.25) is 9.78 Å². The molecule has 1 aliphatic rings. The summed E-state index contributed by atoms with van der Waals surface area (Å²) in [5, 5.41) is 3.04. The average molecular weight is 338 g/mol. The van der Waals surface area contributed by atoms with Crippen LogP contribution in [0.25, 0.3) is 0 Å². The molecule has 1 aliphatic carbocycles. The number of rotatable bonds is 7. The van der Waals surface area contributed by atoms with Crippen molar-refractivity contribution in [1.29, 1.82) is 0 Å². The van der Waals surface area contributed by atoms with Crippen molar-refractivity contribution < 1.29 is 9.53 Å². The van der Waals surface area contributed by atoms with Crippen LogP contribution in [0.2, 0.25) is 0 Å². The first-order valence-electron chi connectivity index (χ1n) is 9.18. The molecule has 4 heteroatoms. The minimum atomic E-state index is 0.159. The van der Waals surface area contributed by atoms with E-state index in [-0.39, 0.29) is 5.91 Å². The highest BCUT2D eigenvalue weighted by atomic mass is 16.5. The van der Waals surface area contributed by atoms with Crippen LogP contribution in [0, 0.1) is 5.92 Å². The van der Waals surface area contributed by atoms with Gasteiger partial charge in [-0.05, 0) is 48.6 Å². The van der Waals surface area contributed by atoms with Crippen molar-refractivity contribution in [2.75, 3.05) is 0 Å². The Kier molecular flexibility index (Phi) is 6.43. The van der Waals surface area contributed by atoms with Crippen LogP contribution in [-0.2, 0) is 17.9 Å². The standard InChI is InChI=1S/C21H26N2O2/c24-21(14-17-7-2-1-3-8-17)23-15-18-9-6-11-20(13-18)25-16-19-10-4-5-12-22-19/h4-6,9-13,17H,1-3,7-8,14-16H2,(H,23,24). The van der Waals surface area contributed by atoms with Crippen molar-refractivity contribution >= 4 is 5.91 Å². The van der Waals surface area contributed by atoms with Gasteiger partial charge in [-0.2, -0.15) is 0 Å². The smallest absolute Gasteiger partial charge is 0.220 e. The van der Waals surface area contributed by atoms with Gasteiger partial charge in [-0.25, -0.2) is 0 Å². The van der Waals surface area contributed by atoms with Crippen LogP contribution in [0.3, 0.4) is 0 Å². The summed E-state index contributed by atoms with van der Waals surface area (Å²) in [4.78, 5) is 16.4. The lowest BCUT2D eigenvalue weighted by Crippen LogP contribution is -2.25. The van der Waals surface area contributed by atoms with E-state index in [1.807, 2.05) is 42.5 Å². The van der Waals surface area contributed by atoms with Crippen molar-refractivity contribution in [3.63, 3.8) is 0 Å². The predicted octanol–water partition coefficient (Wildman–Crippen LogP) is 4.25. The first kappa shape index (κ1) is 17.5. The number of hydrogen-bond donors (Lipinski definition) is 1. The predicted molar refractivity (Wildman–Crippen MR) is 98.0 cm³/mol. The van der Waals surface area contributed by atoms with E-state index in [4.69, 9.17) is 4.74 Å². The largest absolute Gasteiger partial charge is 0.487 e. The molecular weight excluding hydrogens is 312 g/mol. The molecule has 1 fully saturated rings. The van der Waals surface area contributed by atoms with Crippen molar-refractivity contribution in [2.45, 2.75) is 51.7 Å². The molecule has 0 unspecified atom stereocenters. The maximum absolute atomic E-state index is 12.1. The number of ether oxygens (including phenoxy) is 1. The van der Waals surface area contributed by atoms with E-state index in [2.05, 4.69) is 10.3 Å². The number of aromatic nitrogens is 1. The molecule has 0 bridgehead atoms. The monoisotopic (exact) mass is 338 g/mol. The number of pyridine rings is 1. The van der Waals surface area contributed by atoms with Crippen LogP contribution in [0.4, 0.5) is 0 Å². The van der Waals surface area contributed by atoms with Crippen LogP contribution < -0.4 is 10.1 Å². The van der Waals surface area contributed by atoms with Crippen molar-refractivity contribution in [3.8, 4) is 5.75 Å². The maximum atomic E-state index is 12.1. The van der Waals surface area contributed by atoms with E-state index >= 15 is 0 Å². The lowest BCUT2D eigenvalue weighted by atomic mass is 9.87. The van der Waals surface area contributed by atoms with Gasteiger partial charge in [0.05, 0.1) is 5.69 Å². The van der Waals surface area contributed by atoms with Gasteiger partial charge in [-0.1, -0.05) is 37.5 Å². The Bertz CT molecular complexity index is 667. The van der Waals surface area contributed by atoms with E-state index in [1.54, 1.807) is 6.20 Å². The highest BCUT2D eigenvalue weighted by Gasteiger charge is 2.16. The molecule has 1 amide bonds. The molecule has 25 heavy (non-hydrogen) atoms. The molecule has 0 aliphatic heterocycles. The first-order chi connectivity index (χ1) is 12.3. The SMILES string of the molecule is O=C(CC1CCCCC1)NCc1cccc(OCc2ccccn2)c1. The Morgan fingerprint density at radius 2 is 2.00 bits per heavy atom. The zero-order valence-corrected chi connectivity index (χ0v) is 14.6. The summed E-state index contributed by atoms with van der Waals surface area (Å²) >= 11 is 0. The first-order valence-corrected chi connectivity index (χ1v) is 9.18. The number of amides is 1. The molecule has 2 aromatic rings. The molecule has 0 spiro atoms. The summed E-state index contributed by atoms with van der Waals surface area (Å²) in [6, 6.07) is 13.6. The summed E-state index contributed by atoms with van der Waals surface area (Å²) in [7, 11) is 0. The number of hydrogen-bond acceptors (Lipinski definition) is 3. The molecule has 1 aromatic heterocycles. The van der Waals surface area contributed by atoms with E-state index in [1.165, 1.54) is 32.1 Å². The van der Waals surface area contributed by atoms with Crippen molar-refractivity contribution in [3.05, 3.63) is 59.9 Å². The minimum absolute atomic E-state index is 0.159. The van der Waals surface area contributed by atoms with Crippen LogP contribution >= 0.6 is 0 Å². The quantitative estimate of drug-likeness (QED) is 0.821. The van der Waals surface area contributed by atoms with Crippen LogP contribution in [-0.4, -0.2) is 10.9 Å². The number of nitrogens with one attached hydrogen (secondary N) is 1. The summed E-state index contributed by atoms with van der Waals surface area (Å²) in [5.41, 5.74) is 1.95. The Labute approximate surface area is 149 Å². The fraction of sp³-hybridized carbons (Fsp3) is 0.429. The average Bonchev–Trinajstić information content (AvgIpc) is 2.67. The van der Waals surface area contributed by atoms with Gasteiger partial charge in [0.2, 0.25) is 5.91 Å². The number of benzene rings is 1. The van der Waals surface area contributed by atoms with E-state index in [9.17, 15) is 4.79 Å². The third kappa shape index (κ3) is 5.89. The van der Waals surface area contributed by atoms with Crippen LogP contribution in [0.1, 0.15) is 49.8 Å². The zero-order valence-electron chi connectivity index (χ0n) is 14.6. The molecule has 3 rings (SSSR count). The normalized spacial score (nSPS) is 14.9. The van der Waals surface area contributed by atoms with Crippen LogP contribution in [0.5, 0.6) is 5.75 Å². The van der Waals surface area contributed by atoms with Gasteiger partial charge in [0.15, 0.2) is 0 Å². The highest BCUT2D eigenvalue weighted by molar-refractivity contribution is 5.76. The van der Waals surface area contributed by atoms with Gasteiger partial charge >= 0.3 is 0 Å². The minimum Gasteiger partial charge on any atom is -0.487 e. The fourth-order valence-corrected chi connectivity index (χ4v) is 3.31. The Morgan fingerprint density at radius 3 is 2.80 bits per heavy atom. The fourth-order valence-electron chi connectivity index (χ4n) is 3.31. The van der Waals surface area contributed by atoms with Gasteiger partial charge in [0.1, 0.15) is 12.4 Å². The topological polar surface area (TPSA) is 51.2 Å². The summed E-state index contributed by atoms with van der Waals surface area (Å²) < 4.78 is 5.79. The Hall–Kier alpha value is -2.36. The van der Waals surface area contributed by atoms with Crippen LogP contribution in [0.15, 0.2) is 48.7 Å². The van der Waals surface area contributed by atoms with E-state index in [0.717, 1.165) is 17.0 Å². The lowest BCUT2D eigenvalue weighted by Gasteiger charge is -2.20. The molecule has 1 aromatic carbocycles. The van der Waals surface area contributed by atoms with Gasteiger partial charge < -0.3 is 10.1 Å². The zero-order chi connectivity index (χ0) is 17.3. The van der Waals surface area contributed by atoms with Gasteiger partial charge in [0, 0.05) is 19.2 Å². The molecule has 1 N–H and O–H groups in total. The summed E-state index contributed by atoms with van der Waals surface area (Å²) in [6.07, 6.45) is 8.69. The number of carbonyl (C=O) groups is 1. The Balaban J connectivity index is 1.45. The molecule has 0 atom stereocenters. The lowest BCUT2D eigenvalue weighted by molar-refractivity contribution is -0.122. The number of carbonyl (C=O) groups excluding carboxylic acids is 1. The molecule has 1 saturated carbocycles. The van der Waals surface area contributed by atoms with Crippen molar-refractivity contribution in [1.82, 2.24) is 10.3 Å². The van der Waals surface area contributed by atoms with Crippen molar-refractivity contribution in [2.24, 2.45) is 5.92 Å². The molecule has 132 valence electrons. The third-order valence-corrected chi connectivity index (χ3v) is 4.70. The number of nitrogens with zero attached hydrogens (tertiary/aromatic N) is 1. The molecular formula is C21H26N2O2. The van der Waals surface area contributed by atoms with E-state index in [0.29, 0.717) is 25.5 Å². The Morgan fingerprint density at radius 1 is 1.12 bits per heavy atom. The second-order valence-corrected chi connectivity index (χ2v) is 6.74. The summed E-state index contributed by atoms with van der Waals surface area (Å²) in [6.45, 7) is 0.991. The maximum Gasteiger partial charge on any atom is 0.220 e. The molecule has 4 nitrogen and oxygen atoms in total. The highest BCUT2D eigenvalue weighted by Crippen LogP contribution is 2.26. The van der Waals surface area contributed by atoms with E-state index < -0.39 is 0 Å². The molecule has 0 saturated heterocycles.